The minimum atomic E-state index is -0.0496. The summed E-state index contributed by atoms with van der Waals surface area (Å²) in [4.78, 5) is 10.7. The molecule has 0 atom stereocenters. The summed E-state index contributed by atoms with van der Waals surface area (Å²) in [5.74, 6) is 6.45. The largest absolute Gasteiger partial charge is 0.345 e. The van der Waals surface area contributed by atoms with Gasteiger partial charge in [0.1, 0.15) is 0 Å². The summed E-state index contributed by atoms with van der Waals surface area (Å²) in [6.07, 6.45) is 0. The number of amides is 1. The van der Waals surface area contributed by atoms with Crippen LogP contribution in [0.3, 0.4) is 0 Å². The predicted octanol–water partition coefficient (Wildman–Crippen LogP) is 2.30. The van der Waals surface area contributed by atoms with Gasteiger partial charge >= 0.3 is 0 Å². The Labute approximate surface area is 97.1 Å². The van der Waals surface area contributed by atoms with Crippen LogP contribution >= 0.6 is 0 Å². The summed E-state index contributed by atoms with van der Waals surface area (Å²) in [6.45, 7) is 6.19. The van der Waals surface area contributed by atoms with Gasteiger partial charge in [-0.15, -0.1) is 0 Å². The third kappa shape index (κ3) is 3.78. The summed E-state index contributed by atoms with van der Waals surface area (Å²) in [7, 11) is 0. The Bertz CT molecular complexity index is 424. The quantitative estimate of drug-likeness (QED) is 0.753. The van der Waals surface area contributed by atoms with Crippen LogP contribution in [-0.2, 0) is 4.79 Å². The Morgan fingerprint density at radius 2 is 2.06 bits per heavy atom. The molecule has 0 aliphatic heterocycles. The van der Waals surface area contributed by atoms with Gasteiger partial charge in [0.25, 0.3) is 0 Å². The molecule has 0 aliphatic carbocycles. The Kier molecular flexibility index (Phi) is 4.60. The molecule has 1 aromatic rings. The molecule has 0 bridgehead atoms. The number of hydrogen-bond donors (Lipinski definition) is 1. The molecule has 1 rings (SSSR count). The second kappa shape index (κ2) is 5.97. The molecular formula is C14H17NO. The highest BCUT2D eigenvalue weighted by Crippen LogP contribution is 2.17. The zero-order valence-corrected chi connectivity index (χ0v) is 10.0. The van der Waals surface area contributed by atoms with Crippen molar-refractivity contribution in [2.75, 3.05) is 6.54 Å². The molecule has 1 amide bonds. The molecule has 0 saturated carbocycles. The summed E-state index contributed by atoms with van der Waals surface area (Å²) in [6, 6.07) is 8.10. The first-order chi connectivity index (χ1) is 7.61. The maximum Gasteiger partial charge on any atom is 0.217 e. The van der Waals surface area contributed by atoms with E-state index in [1.165, 1.54) is 12.5 Å². The predicted molar refractivity (Wildman–Crippen MR) is 66.1 cm³/mol. The van der Waals surface area contributed by atoms with Crippen LogP contribution in [0.2, 0.25) is 0 Å². The van der Waals surface area contributed by atoms with Gasteiger partial charge in [0.05, 0.1) is 6.54 Å². The Morgan fingerprint density at radius 3 is 2.69 bits per heavy atom. The maximum absolute atomic E-state index is 10.7. The van der Waals surface area contributed by atoms with Crippen molar-refractivity contribution < 1.29 is 4.79 Å². The summed E-state index contributed by atoms with van der Waals surface area (Å²) < 4.78 is 0. The van der Waals surface area contributed by atoms with Crippen LogP contribution in [0.15, 0.2) is 24.3 Å². The van der Waals surface area contributed by atoms with Gasteiger partial charge in [0.2, 0.25) is 5.91 Å². The number of rotatable bonds is 2. The van der Waals surface area contributed by atoms with Crippen molar-refractivity contribution in [2.24, 2.45) is 0 Å². The van der Waals surface area contributed by atoms with Crippen molar-refractivity contribution >= 4 is 5.91 Å². The zero-order chi connectivity index (χ0) is 12.0. The highest BCUT2D eigenvalue weighted by atomic mass is 16.1. The van der Waals surface area contributed by atoms with Crippen molar-refractivity contribution in [1.29, 1.82) is 0 Å². The van der Waals surface area contributed by atoms with Gasteiger partial charge in [-0.1, -0.05) is 43.9 Å². The van der Waals surface area contributed by atoms with Crippen molar-refractivity contribution in [3.05, 3.63) is 35.4 Å². The van der Waals surface area contributed by atoms with Gasteiger partial charge in [-0.25, -0.2) is 0 Å². The number of hydrogen-bond acceptors (Lipinski definition) is 1. The van der Waals surface area contributed by atoms with E-state index in [-0.39, 0.29) is 5.91 Å². The van der Waals surface area contributed by atoms with Crippen LogP contribution in [-0.4, -0.2) is 12.5 Å². The van der Waals surface area contributed by atoms with E-state index in [0.29, 0.717) is 12.5 Å². The molecule has 1 N–H and O–H groups in total. The van der Waals surface area contributed by atoms with E-state index in [1.54, 1.807) is 0 Å². The molecule has 1 aromatic carbocycles. The zero-order valence-electron chi connectivity index (χ0n) is 10.0. The summed E-state index contributed by atoms with van der Waals surface area (Å²) >= 11 is 0. The summed E-state index contributed by atoms with van der Waals surface area (Å²) in [5.41, 5.74) is 2.29. The second-order valence-corrected chi connectivity index (χ2v) is 3.95. The first kappa shape index (κ1) is 12.3. The van der Waals surface area contributed by atoms with Gasteiger partial charge in [0, 0.05) is 12.5 Å². The molecule has 0 aliphatic rings. The lowest BCUT2D eigenvalue weighted by Gasteiger charge is -2.07. The lowest BCUT2D eigenvalue weighted by molar-refractivity contribution is -0.118. The molecule has 0 radical (unpaired) electrons. The highest BCUT2D eigenvalue weighted by Gasteiger charge is 2.02. The molecule has 84 valence electrons. The van der Waals surface area contributed by atoms with Gasteiger partial charge in [-0.2, -0.15) is 0 Å². The number of carbonyl (C=O) groups is 1. The molecule has 2 nitrogen and oxygen atoms in total. The molecule has 0 aromatic heterocycles. The minimum Gasteiger partial charge on any atom is -0.345 e. The van der Waals surface area contributed by atoms with Crippen LogP contribution in [0.25, 0.3) is 0 Å². The van der Waals surface area contributed by atoms with E-state index >= 15 is 0 Å². The maximum atomic E-state index is 10.7. The van der Waals surface area contributed by atoms with Crippen LogP contribution < -0.4 is 5.32 Å². The molecular weight excluding hydrogens is 198 g/mol. The molecule has 0 heterocycles. The monoisotopic (exact) mass is 215 g/mol. The Hall–Kier alpha value is -1.75. The average molecular weight is 215 g/mol. The Morgan fingerprint density at radius 1 is 1.38 bits per heavy atom. The van der Waals surface area contributed by atoms with Crippen molar-refractivity contribution in [3.63, 3.8) is 0 Å². The first-order valence-corrected chi connectivity index (χ1v) is 5.43. The molecule has 16 heavy (non-hydrogen) atoms. The lowest BCUT2D eigenvalue weighted by Crippen LogP contribution is -2.19. The van der Waals surface area contributed by atoms with Gasteiger partial charge in [0.15, 0.2) is 0 Å². The molecule has 0 fully saturated rings. The van der Waals surface area contributed by atoms with E-state index in [1.807, 2.05) is 18.2 Å². The Balaban J connectivity index is 2.76. The molecule has 0 spiro atoms. The van der Waals surface area contributed by atoms with Crippen molar-refractivity contribution in [3.8, 4) is 11.8 Å². The number of carbonyl (C=O) groups excluding carboxylic acids is 1. The van der Waals surface area contributed by atoms with Crippen LogP contribution in [0.5, 0.6) is 0 Å². The van der Waals surface area contributed by atoms with Crippen LogP contribution in [0.1, 0.15) is 37.8 Å². The summed E-state index contributed by atoms with van der Waals surface area (Å²) in [5, 5.41) is 2.65. The van der Waals surface area contributed by atoms with Crippen LogP contribution in [0.4, 0.5) is 0 Å². The molecule has 0 saturated heterocycles. The topological polar surface area (TPSA) is 29.1 Å². The van der Waals surface area contributed by atoms with Crippen molar-refractivity contribution in [2.45, 2.75) is 26.7 Å². The van der Waals surface area contributed by atoms with Crippen molar-refractivity contribution in [1.82, 2.24) is 5.32 Å². The third-order valence-electron chi connectivity index (χ3n) is 2.23. The SMILES string of the molecule is CC(=O)NCC#Cc1ccccc1C(C)C. The van der Waals surface area contributed by atoms with Crippen LogP contribution in [0, 0.1) is 11.8 Å². The molecule has 2 heteroatoms. The fraction of sp³-hybridized carbons (Fsp3) is 0.357. The number of nitrogens with one attached hydrogen (secondary N) is 1. The highest BCUT2D eigenvalue weighted by molar-refractivity contribution is 5.73. The minimum absolute atomic E-state index is 0.0496. The standard InChI is InChI=1S/C14H17NO/c1-11(2)14-9-5-4-7-13(14)8-6-10-15-12(3)16/h4-5,7,9,11H,10H2,1-3H3,(H,15,16). The van der Waals surface area contributed by atoms with E-state index in [4.69, 9.17) is 0 Å². The molecule has 0 unspecified atom stereocenters. The normalized spacial score (nSPS) is 9.50. The first-order valence-electron chi connectivity index (χ1n) is 5.43. The van der Waals surface area contributed by atoms with Gasteiger partial charge in [-0.3, -0.25) is 4.79 Å². The lowest BCUT2D eigenvalue weighted by atomic mass is 9.98. The second-order valence-electron chi connectivity index (χ2n) is 3.95. The van der Waals surface area contributed by atoms with E-state index in [9.17, 15) is 4.79 Å². The number of benzene rings is 1. The fourth-order valence-corrected chi connectivity index (χ4v) is 1.42. The van der Waals surface area contributed by atoms with E-state index in [2.05, 4.69) is 37.1 Å². The van der Waals surface area contributed by atoms with E-state index in [0.717, 1.165) is 5.56 Å². The fourth-order valence-electron chi connectivity index (χ4n) is 1.42. The van der Waals surface area contributed by atoms with Gasteiger partial charge in [-0.05, 0) is 17.5 Å². The average Bonchev–Trinajstić information content (AvgIpc) is 2.24. The van der Waals surface area contributed by atoms with E-state index < -0.39 is 0 Å². The van der Waals surface area contributed by atoms with Gasteiger partial charge < -0.3 is 5.32 Å². The smallest absolute Gasteiger partial charge is 0.217 e. The third-order valence-corrected chi connectivity index (χ3v) is 2.23.